The van der Waals surface area contributed by atoms with Crippen molar-refractivity contribution in [1.82, 2.24) is 20.3 Å². The van der Waals surface area contributed by atoms with Crippen LogP contribution in [0.4, 0.5) is 5.82 Å². The minimum atomic E-state index is -0.0896. The average Bonchev–Trinajstić information content (AvgIpc) is 3.11. The summed E-state index contributed by atoms with van der Waals surface area (Å²) in [4.78, 5) is 27.6. The first-order valence-corrected chi connectivity index (χ1v) is 9.58. The van der Waals surface area contributed by atoms with E-state index in [1.165, 1.54) is 11.3 Å². The maximum absolute atomic E-state index is 12.3. The number of carbonyl (C=O) groups is 1. The number of rotatable bonds is 6. The van der Waals surface area contributed by atoms with Gasteiger partial charge in [0.2, 0.25) is 0 Å². The van der Waals surface area contributed by atoms with E-state index in [4.69, 9.17) is 5.73 Å². The van der Waals surface area contributed by atoms with Crippen LogP contribution in [0.2, 0.25) is 0 Å². The summed E-state index contributed by atoms with van der Waals surface area (Å²) in [5.74, 6) is 0.885. The molecule has 7 nitrogen and oxygen atoms in total. The van der Waals surface area contributed by atoms with Crippen LogP contribution < -0.4 is 16.0 Å². The van der Waals surface area contributed by atoms with Gasteiger partial charge in [-0.2, -0.15) is 0 Å². The minimum absolute atomic E-state index is 0. The first kappa shape index (κ1) is 23.6. The molecular formula is C17H26Cl2N6OS. The van der Waals surface area contributed by atoms with E-state index in [0.717, 1.165) is 55.3 Å². The molecule has 0 unspecified atom stereocenters. The van der Waals surface area contributed by atoms with Crippen molar-refractivity contribution in [3.05, 3.63) is 34.2 Å². The first-order chi connectivity index (χ1) is 12.2. The Hall–Kier alpha value is -1.48. The van der Waals surface area contributed by atoms with Crippen molar-refractivity contribution in [2.45, 2.75) is 38.6 Å². The molecule has 1 aliphatic heterocycles. The Morgan fingerprint density at radius 2 is 2.07 bits per heavy atom. The monoisotopic (exact) mass is 432 g/mol. The molecule has 3 rings (SSSR count). The van der Waals surface area contributed by atoms with Crippen LogP contribution in [-0.4, -0.2) is 46.5 Å². The zero-order valence-corrected chi connectivity index (χ0v) is 17.7. The van der Waals surface area contributed by atoms with Gasteiger partial charge in [0.25, 0.3) is 5.91 Å². The normalized spacial score (nSPS) is 14.2. The maximum atomic E-state index is 12.3. The lowest BCUT2D eigenvalue weighted by Crippen LogP contribution is -2.45. The van der Waals surface area contributed by atoms with Gasteiger partial charge < -0.3 is 16.0 Å². The number of halogens is 2. The number of nitrogens with one attached hydrogen (secondary N) is 1. The minimum Gasteiger partial charge on any atom is -0.356 e. The molecule has 0 spiro atoms. The highest BCUT2D eigenvalue weighted by Crippen LogP contribution is 2.19. The molecule has 150 valence electrons. The molecule has 1 fully saturated rings. The summed E-state index contributed by atoms with van der Waals surface area (Å²) in [6, 6.07) is 2.23. The molecule has 0 radical (unpaired) electrons. The van der Waals surface area contributed by atoms with E-state index in [1.54, 1.807) is 6.33 Å². The molecule has 0 atom stereocenters. The number of piperidine rings is 1. The lowest BCUT2D eigenvalue weighted by atomic mass is 10.0. The van der Waals surface area contributed by atoms with Crippen molar-refractivity contribution in [2.24, 2.45) is 5.73 Å². The summed E-state index contributed by atoms with van der Waals surface area (Å²) in [5.41, 5.74) is 7.08. The number of nitrogens with two attached hydrogens (primary N) is 1. The van der Waals surface area contributed by atoms with Crippen molar-refractivity contribution in [1.29, 1.82) is 0 Å². The van der Waals surface area contributed by atoms with Gasteiger partial charge in [-0.25, -0.2) is 15.0 Å². The van der Waals surface area contributed by atoms with E-state index < -0.39 is 0 Å². The lowest BCUT2D eigenvalue weighted by Gasteiger charge is -2.33. The molecule has 0 bridgehead atoms. The predicted molar refractivity (Wildman–Crippen MR) is 113 cm³/mol. The van der Waals surface area contributed by atoms with Crippen LogP contribution in [0.25, 0.3) is 0 Å². The molecule has 0 aromatic carbocycles. The number of carbonyl (C=O) groups excluding carboxylic acids is 1. The highest BCUT2D eigenvalue weighted by Gasteiger charge is 2.23. The fraction of sp³-hybridized carbons (Fsp3) is 0.529. The van der Waals surface area contributed by atoms with E-state index in [-0.39, 0.29) is 36.8 Å². The zero-order valence-electron chi connectivity index (χ0n) is 15.3. The van der Waals surface area contributed by atoms with Gasteiger partial charge in [0.1, 0.15) is 17.8 Å². The van der Waals surface area contributed by atoms with Crippen LogP contribution in [0.15, 0.2) is 17.8 Å². The van der Waals surface area contributed by atoms with E-state index in [0.29, 0.717) is 12.2 Å². The van der Waals surface area contributed by atoms with Crippen LogP contribution in [0.1, 0.15) is 41.0 Å². The smallest absolute Gasteiger partial charge is 0.270 e. The molecule has 2 aromatic rings. The van der Waals surface area contributed by atoms with E-state index in [2.05, 4.69) is 32.1 Å². The van der Waals surface area contributed by atoms with E-state index in [1.807, 2.05) is 11.4 Å². The molecule has 1 amide bonds. The summed E-state index contributed by atoms with van der Waals surface area (Å²) < 4.78 is 0. The molecule has 2 aromatic heterocycles. The van der Waals surface area contributed by atoms with Crippen molar-refractivity contribution in [3.8, 4) is 0 Å². The van der Waals surface area contributed by atoms with Crippen LogP contribution in [-0.2, 0) is 12.8 Å². The number of thiazole rings is 1. The number of aryl methyl sites for hydroxylation is 1. The van der Waals surface area contributed by atoms with Gasteiger partial charge in [-0.05, 0) is 25.8 Å². The molecule has 1 aliphatic rings. The number of hydrogen-bond acceptors (Lipinski definition) is 7. The molecule has 0 saturated carbocycles. The Morgan fingerprint density at radius 3 is 2.74 bits per heavy atom. The van der Waals surface area contributed by atoms with Crippen LogP contribution in [0.3, 0.4) is 0 Å². The maximum Gasteiger partial charge on any atom is 0.270 e. The van der Waals surface area contributed by atoms with Crippen LogP contribution in [0, 0.1) is 0 Å². The second kappa shape index (κ2) is 11.4. The summed E-state index contributed by atoms with van der Waals surface area (Å²) in [6.07, 6.45) is 5.05. The molecule has 0 aliphatic carbocycles. The molecule has 3 heterocycles. The van der Waals surface area contributed by atoms with Crippen LogP contribution >= 0.6 is 36.2 Å². The van der Waals surface area contributed by atoms with E-state index >= 15 is 0 Å². The third-order valence-electron chi connectivity index (χ3n) is 4.37. The largest absolute Gasteiger partial charge is 0.356 e. The fourth-order valence-corrected chi connectivity index (χ4v) is 3.71. The molecule has 3 N–H and O–H groups in total. The Morgan fingerprint density at radius 1 is 1.33 bits per heavy atom. The lowest BCUT2D eigenvalue weighted by molar-refractivity contribution is 0.0926. The summed E-state index contributed by atoms with van der Waals surface area (Å²) in [7, 11) is 0. The van der Waals surface area contributed by atoms with Gasteiger partial charge >= 0.3 is 0 Å². The predicted octanol–water partition coefficient (Wildman–Crippen LogP) is 2.24. The second-order valence-corrected chi connectivity index (χ2v) is 7.06. The summed E-state index contributed by atoms with van der Waals surface area (Å²) in [6.45, 7) is 4.39. The van der Waals surface area contributed by atoms with Gasteiger partial charge in [-0.1, -0.05) is 6.92 Å². The molecule has 10 heteroatoms. The number of amides is 1. The molecule has 27 heavy (non-hydrogen) atoms. The van der Waals surface area contributed by atoms with Gasteiger partial charge in [0.15, 0.2) is 0 Å². The number of nitrogens with zero attached hydrogens (tertiary/aromatic N) is 4. The SMILES string of the molecule is CCc1cc(N2CCC(NC(=O)c3csc(CCN)n3)CC2)ncn1.Cl.Cl. The van der Waals surface area contributed by atoms with Crippen molar-refractivity contribution in [2.75, 3.05) is 24.5 Å². The fourth-order valence-electron chi connectivity index (χ4n) is 2.92. The van der Waals surface area contributed by atoms with E-state index in [9.17, 15) is 4.79 Å². The standard InChI is InChI=1S/C17H24N6OS.2ClH/c1-2-12-9-15(20-11-19-12)23-7-4-13(5-8-23)21-17(24)14-10-25-16(22-14)3-6-18;;/h9-11,13H,2-8,18H2,1H3,(H,21,24);2*1H. The Labute approximate surface area is 176 Å². The van der Waals surface area contributed by atoms with Gasteiger partial charge in [0, 0.05) is 42.7 Å². The molecule has 1 saturated heterocycles. The van der Waals surface area contributed by atoms with Crippen molar-refractivity contribution >= 4 is 47.9 Å². The topological polar surface area (TPSA) is 97.0 Å². The highest BCUT2D eigenvalue weighted by atomic mass is 35.5. The number of hydrogen-bond donors (Lipinski definition) is 2. The van der Waals surface area contributed by atoms with Gasteiger partial charge in [-0.3, -0.25) is 4.79 Å². The average molecular weight is 433 g/mol. The zero-order chi connectivity index (χ0) is 17.6. The summed E-state index contributed by atoms with van der Waals surface area (Å²) >= 11 is 1.49. The van der Waals surface area contributed by atoms with Crippen molar-refractivity contribution in [3.63, 3.8) is 0 Å². The summed E-state index contributed by atoms with van der Waals surface area (Å²) in [5, 5.41) is 5.82. The van der Waals surface area contributed by atoms with Crippen molar-refractivity contribution < 1.29 is 4.79 Å². The quantitative estimate of drug-likeness (QED) is 0.725. The Kier molecular flexibility index (Phi) is 9.93. The van der Waals surface area contributed by atoms with Crippen LogP contribution in [0.5, 0.6) is 0 Å². The Balaban J connectivity index is 0.00000182. The van der Waals surface area contributed by atoms with Gasteiger partial charge in [0.05, 0.1) is 5.01 Å². The van der Waals surface area contributed by atoms with Gasteiger partial charge in [-0.15, -0.1) is 36.2 Å². The number of aromatic nitrogens is 3. The highest BCUT2D eigenvalue weighted by molar-refractivity contribution is 7.09. The second-order valence-electron chi connectivity index (χ2n) is 6.12. The number of anilines is 1. The third kappa shape index (κ3) is 6.27. The first-order valence-electron chi connectivity index (χ1n) is 8.70. The molecular weight excluding hydrogens is 407 g/mol. The third-order valence-corrected chi connectivity index (χ3v) is 5.28. The Bertz CT molecular complexity index is 721.